The molecule has 1 aliphatic heterocycles. The van der Waals surface area contributed by atoms with Gasteiger partial charge in [0.05, 0.1) is 5.69 Å². The lowest BCUT2D eigenvalue weighted by Gasteiger charge is -2.29. The highest BCUT2D eigenvalue weighted by atomic mass is 16.2. The van der Waals surface area contributed by atoms with Gasteiger partial charge in [0.15, 0.2) is 5.82 Å². The van der Waals surface area contributed by atoms with E-state index in [0.717, 1.165) is 35.5 Å². The second kappa shape index (κ2) is 6.22. The summed E-state index contributed by atoms with van der Waals surface area (Å²) in [7, 11) is 1.89. The van der Waals surface area contributed by atoms with Crippen molar-refractivity contribution in [1.29, 1.82) is 0 Å². The number of aromatic nitrogens is 4. The fraction of sp³-hybridized carbons (Fsp3) is 0.381. The van der Waals surface area contributed by atoms with Crippen LogP contribution in [0.4, 0.5) is 5.82 Å². The zero-order valence-electron chi connectivity index (χ0n) is 16.0. The Labute approximate surface area is 162 Å². The number of nitrogens with zero attached hydrogens (tertiary/aromatic N) is 3. The molecule has 1 aliphatic carbocycles. The van der Waals surface area contributed by atoms with Crippen molar-refractivity contribution in [3.63, 3.8) is 0 Å². The highest BCUT2D eigenvalue weighted by Gasteiger charge is 2.38. The van der Waals surface area contributed by atoms with Crippen LogP contribution in [0.25, 0.3) is 5.69 Å². The van der Waals surface area contributed by atoms with E-state index in [1.54, 1.807) is 4.68 Å². The van der Waals surface area contributed by atoms with E-state index in [4.69, 9.17) is 0 Å². The van der Waals surface area contributed by atoms with Crippen LogP contribution in [0.15, 0.2) is 35.1 Å². The van der Waals surface area contributed by atoms with Crippen LogP contribution in [-0.2, 0) is 11.8 Å². The Morgan fingerprint density at radius 2 is 1.86 bits per heavy atom. The van der Waals surface area contributed by atoms with Crippen molar-refractivity contribution in [3.05, 3.63) is 63.2 Å². The first-order chi connectivity index (χ1) is 13.6. The molecule has 7 heteroatoms. The van der Waals surface area contributed by atoms with Crippen LogP contribution >= 0.6 is 0 Å². The molecule has 0 bridgehead atoms. The van der Waals surface area contributed by atoms with E-state index in [-0.39, 0.29) is 23.8 Å². The van der Waals surface area contributed by atoms with E-state index in [2.05, 4.69) is 15.5 Å². The first-order valence-electron chi connectivity index (χ1n) is 9.78. The Bertz CT molecular complexity index is 1120. The molecular weight excluding hydrogens is 354 g/mol. The second-order valence-electron chi connectivity index (χ2n) is 7.81. The van der Waals surface area contributed by atoms with Crippen molar-refractivity contribution >= 4 is 11.7 Å². The topological polar surface area (TPSA) is 84.7 Å². The maximum absolute atomic E-state index is 13.5. The maximum atomic E-state index is 13.5. The molecule has 0 saturated heterocycles. The molecule has 3 aromatic rings. The zero-order valence-corrected chi connectivity index (χ0v) is 16.0. The SMILES string of the molecule is Cc1c(C2CC(=O)Nc3n[nH]c(C4CCC4)c32)c(=O)n(-c2ccccc2)n1C. The van der Waals surface area contributed by atoms with Gasteiger partial charge in [0.1, 0.15) is 0 Å². The van der Waals surface area contributed by atoms with Gasteiger partial charge in [0.2, 0.25) is 5.91 Å². The standard InChI is InChI=1S/C21H23N5O2/c1-12-17(21(28)26(25(12)2)14-9-4-3-5-10-14)15-11-16(27)22-20-18(15)19(23-24-20)13-7-6-8-13/h3-5,9-10,13,15H,6-8,11H2,1-2H3,(H2,22,23,24,27). The minimum Gasteiger partial charge on any atom is -0.309 e. The summed E-state index contributed by atoms with van der Waals surface area (Å²) in [5, 5.41) is 10.4. The highest BCUT2D eigenvalue weighted by Crippen LogP contribution is 2.45. The Morgan fingerprint density at radius 3 is 2.54 bits per heavy atom. The molecule has 1 amide bonds. The van der Waals surface area contributed by atoms with Crippen LogP contribution < -0.4 is 10.9 Å². The average molecular weight is 377 g/mol. The molecule has 7 nitrogen and oxygen atoms in total. The van der Waals surface area contributed by atoms with Gasteiger partial charge in [-0.1, -0.05) is 24.6 Å². The van der Waals surface area contributed by atoms with Crippen molar-refractivity contribution in [2.45, 2.75) is 44.4 Å². The zero-order chi connectivity index (χ0) is 19.4. The number of hydrogen-bond acceptors (Lipinski definition) is 3. The molecule has 5 rings (SSSR count). The van der Waals surface area contributed by atoms with Gasteiger partial charge >= 0.3 is 0 Å². The molecule has 28 heavy (non-hydrogen) atoms. The van der Waals surface area contributed by atoms with E-state index < -0.39 is 0 Å². The van der Waals surface area contributed by atoms with E-state index in [1.807, 2.05) is 49.0 Å². The van der Waals surface area contributed by atoms with E-state index in [0.29, 0.717) is 17.3 Å². The van der Waals surface area contributed by atoms with Gasteiger partial charge in [-0.2, -0.15) is 5.10 Å². The summed E-state index contributed by atoms with van der Waals surface area (Å²) in [6, 6.07) is 9.60. The summed E-state index contributed by atoms with van der Waals surface area (Å²) in [5.74, 6) is 0.644. The quantitative estimate of drug-likeness (QED) is 0.736. The third-order valence-electron chi connectivity index (χ3n) is 6.29. The number of nitrogens with one attached hydrogen (secondary N) is 2. The second-order valence-corrected chi connectivity index (χ2v) is 7.81. The van der Waals surface area contributed by atoms with Gasteiger partial charge in [0, 0.05) is 47.8 Å². The normalized spacial score (nSPS) is 19.2. The summed E-state index contributed by atoms with van der Waals surface area (Å²) in [5.41, 5.74) is 4.38. The number of carbonyl (C=O) groups excluding carboxylic acids is 1. The number of benzene rings is 1. The minimum atomic E-state index is -0.276. The Balaban J connectivity index is 1.70. The van der Waals surface area contributed by atoms with Crippen LogP contribution in [0, 0.1) is 6.92 Å². The van der Waals surface area contributed by atoms with Crippen LogP contribution in [0.2, 0.25) is 0 Å². The van der Waals surface area contributed by atoms with Crippen molar-refractivity contribution in [2.24, 2.45) is 7.05 Å². The number of H-pyrrole nitrogens is 1. The largest absolute Gasteiger partial charge is 0.309 e. The number of fused-ring (bicyclic) bond motifs is 1. The Hall–Kier alpha value is -3.09. The van der Waals surface area contributed by atoms with Crippen LogP contribution in [0.3, 0.4) is 0 Å². The Morgan fingerprint density at radius 1 is 1.11 bits per heavy atom. The molecule has 1 unspecified atom stereocenters. The van der Waals surface area contributed by atoms with Gasteiger partial charge in [-0.05, 0) is 31.9 Å². The number of rotatable bonds is 3. The average Bonchev–Trinajstić information content (AvgIpc) is 3.13. The van der Waals surface area contributed by atoms with Crippen molar-refractivity contribution in [2.75, 3.05) is 5.32 Å². The van der Waals surface area contributed by atoms with Crippen LogP contribution in [0.5, 0.6) is 0 Å². The first-order valence-corrected chi connectivity index (χ1v) is 9.78. The molecule has 144 valence electrons. The molecule has 0 radical (unpaired) electrons. The number of aromatic amines is 1. The maximum Gasteiger partial charge on any atom is 0.275 e. The molecule has 1 saturated carbocycles. The molecule has 3 heterocycles. The number of anilines is 1. The summed E-state index contributed by atoms with van der Waals surface area (Å²) in [6.45, 7) is 1.95. The van der Waals surface area contributed by atoms with Crippen LogP contribution in [0.1, 0.15) is 60.0 Å². The lowest BCUT2D eigenvalue weighted by atomic mass is 9.77. The Kier molecular flexibility index (Phi) is 3.79. The number of carbonyl (C=O) groups is 1. The summed E-state index contributed by atoms with van der Waals surface area (Å²) < 4.78 is 3.56. The summed E-state index contributed by atoms with van der Waals surface area (Å²) >= 11 is 0. The molecule has 2 aliphatic rings. The molecule has 1 atom stereocenters. The predicted molar refractivity (Wildman–Crippen MR) is 106 cm³/mol. The summed E-state index contributed by atoms with van der Waals surface area (Å²) in [4.78, 5) is 25.9. The molecular formula is C21H23N5O2. The first kappa shape index (κ1) is 17.0. The predicted octanol–water partition coefficient (Wildman–Crippen LogP) is 2.95. The minimum absolute atomic E-state index is 0.0717. The monoisotopic (exact) mass is 377 g/mol. The fourth-order valence-electron chi connectivity index (χ4n) is 4.53. The smallest absolute Gasteiger partial charge is 0.275 e. The summed E-state index contributed by atoms with van der Waals surface area (Å²) in [6.07, 6.45) is 3.72. The molecule has 2 N–H and O–H groups in total. The van der Waals surface area contributed by atoms with Gasteiger partial charge < -0.3 is 5.32 Å². The lowest BCUT2D eigenvalue weighted by molar-refractivity contribution is -0.116. The number of para-hydroxylation sites is 1. The van der Waals surface area contributed by atoms with Crippen molar-refractivity contribution < 1.29 is 4.79 Å². The van der Waals surface area contributed by atoms with Gasteiger partial charge in [-0.15, -0.1) is 0 Å². The van der Waals surface area contributed by atoms with Gasteiger partial charge in [-0.3, -0.25) is 19.4 Å². The van der Waals surface area contributed by atoms with Crippen molar-refractivity contribution in [1.82, 2.24) is 19.6 Å². The van der Waals surface area contributed by atoms with Crippen LogP contribution in [-0.4, -0.2) is 25.5 Å². The highest BCUT2D eigenvalue weighted by molar-refractivity contribution is 5.94. The van der Waals surface area contributed by atoms with Gasteiger partial charge in [-0.25, -0.2) is 4.68 Å². The fourth-order valence-corrected chi connectivity index (χ4v) is 4.53. The molecule has 2 aromatic heterocycles. The number of amides is 1. The van der Waals surface area contributed by atoms with Crippen molar-refractivity contribution in [3.8, 4) is 5.69 Å². The third-order valence-corrected chi connectivity index (χ3v) is 6.29. The lowest BCUT2D eigenvalue weighted by Crippen LogP contribution is -2.28. The third kappa shape index (κ3) is 2.38. The van der Waals surface area contributed by atoms with E-state index in [9.17, 15) is 9.59 Å². The van der Waals surface area contributed by atoms with E-state index in [1.165, 1.54) is 6.42 Å². The number of hydrogen-bond donors (Lipinski definition) is 2. The van der Waals surface area contributed by atoms with Gasteiger partial charge in [0.25, 0.3) is 5.56 Å². The molecule has 0 spiro atoms. The molecule has 1 aromatic carbocycles. The molecule has 1 fully saturated rings. The van der Waals surface area contributed by atoms with E-state index >= 15 is 0 Å².